The third-order valence-electron chi connectivity index (χ3n) is 3.63. The van der Waals surface area contributed by atoms with Crippen molar-refractivity contribution in [2.45, 2.75) is 19.8 Å². The number of carbonyl (C=O) groups excluding carboxylic acids is 1. The first-order chi connectivity index (χ1) is 11.3. The van der Waals surface area contributed by atoms with Gasteiger partial charge in [-0.25, -0.2) is 0 Å². The van der Waals surface area contributed by atoms with Crippen LogP contribution in [0.1, 0.15) is 18.9 Å². The first-order valence-corrected chi connectivity index (χ1v) is 7.68. The molecule has 0 spiro atoms. The highest BCUT2D eigenvalue weighted by molar-refractivity contribution is 5.89. The van der Waals surface area contributed by atoms with Gasteiger partial charge in [0.05, 0.1) is 0 Å². The quantitative estimate of drug-likeness (QED) is 0.654. The minimum absolute atomic E-state index is 0.0701. The summed E-state index contributed by atoms with van der Waals surface area (Å²) in [7, 11) is 0. The Morgan fingerprint density at radius 3 is 2.70 bits per heavy atom. The van der Waals surface area contributed by atoms with E-state index in [1.165, 1.54) is 10.9 Å². The molecule has 0 aliphatic heterocycles. The van der Waals surface area contributed by atoms with Crippen LogP contribution in [0.4, 0.5) is 11.6 Å². The number of aromatic amines is 1. The normalized spacial score (nSPS) is 10.7. The van der Waals surface area contributed by atoms with Crippen molar-refractivity contribution >= 4 is 28.4 Å². The fraction of sp³-hybridized carbons (Fsp3) is 0.235. The van der Waals surface area contributed by atoms with Gasteiger partial charge in [-0.15, -0.1) is 10.2 Å². The van der Waals surface area contributed by atoms with Crippen molar-refractivity contribution in [1.82, 2.24) is 15.2 Å². The Bertz CT molecular complexity index is 794. The Hall–Kier alpha value is -2.89. The second kappa shape index (κ2) is 6.91. The van der Waals surface area contributed by atoms with Gasteiger partial charge in [0.1, 0.15) is 5.82 Å². The summed E-state index contributed by atoms with van der Waals surface area (Å²) < 4.78 is 0. The Morgan fingerprint density at radius 1 is 1.13 bits per heavy atom. The zero-order chi connectivity index (χ0) is 16.1. The summed E-state index contributed by atoms with van der Waals surface area (Å²) in [5.41, 5.74) is 2.42. The number of nitrogens with zero attached hydrogens (tertiary/aromatic N) is 2. The van der Waals surface area contributed by atoms with Gasteiger partial charge in [-0.2, -0.15) is 0 Å². The maximum Gasteiger partial charge on any atom is 0.225 e. The Morgan fingerprint density at radius 2 is 1.91 bits per heavy atom. The molecule has 6 nitrogen and oxygen atoms in total. The minimum atomic E-state index is -0.0701. The van der Waals surface area contributed by atoms with E-state index in [-0.39, 0.29) is 5.91 Å². The van der Waals surface area contributed by atoms with Crippen molar-refractivity contribution in [1.29, 1.82) is 0 Å². The van der Waals surface area contributed by atoms with Crippen LogP contribution in [0.5, 0.6) is 0 Å². The van der Waals surface area contributed by atoms with Gasteiger partial charge in [-0.05, 0) is 30.2 Å². The van der Waals surface area contributed by atoms with Crippen molar-refractivity contribution in [2.24, 2.45) is 0 Å². The molecule has 2 aromatic heterocycles. The van der Waals surface area contributed by atoms with E-state index in [9.17, 15) is 4.79 Å². The molecular weight excluding hydrogens is 290 g/mol. The lowest BCUT2D eigenvalue weighted by Gasteiger charge is -2.06. The molecule has 0 aliphatic carbocycles. The molecule has 118 valence electrons. The second-order valence-corrected chi connectivity index (χ2v) is 5.24. The monoisotopic (exact) mass is 309 g/mol. The summed E-state index contributed by atoms with van der Waals surface area (Å²) in [5, 5.41) is 15.2. The summed E-state index contributed by atoms with van der Waals surface area (Å²) in [6.07, 6.45) is 3.35. The zero-order valence-corrected chi connectivity index (χ0v) is 13.0. The number of H-pyrrole nitrogens is 1. The van der Waals surface area contributed by atoms with Crippen LogP contribution >= 0.6 is 0 Å². The van der Waals surface area contributed by atoms with Gasteiger partial charge in [0.25, 0.3) is 0 Å². The summed E-state index contributed by atoms with van der Waals surface area (Å²) in [5.74, 6) is 1.10. The highest BCUT2D eigenvalue weighted by Crippen LogP contribution is 2.18. The maximum absolute atomic E-state index is 11.3. The number of rotatable bonds is 6. The Balaban J connectivity index is 1.55. The number of hydrogen-bond donors (Lipinski definition) is 3. The third-order valence-corrected chi connectivity index (χ3v) is 3.63. The first kappa shape index (κ1) is 15.0. The van der Waals surface area contributed by atoms with Crippen molar-refractivity contribution in [3.05, 3.63) is 48.2 Å². The van der Waals surface area contributed by atoms with Crippen LogP contribution in [0.15, 0.2) is 42.6 Å². The smallest absolute Gasteiger partial charge is 0.225 e. The van der Waals surface area contributed by atoms with E-state index in [1.807, 2.05) is 24.4 Å². The second-order valence-electron chi connectivity index (χ2n) is 5.24. The number of benzene rings is 1. The summed E-state index contributed by atoms with van der Waals surface area (Å²) in [6.45, 7) is 2.56. The number of anilines is 2. The van der Waals surface area contributed by atoms with Crippen LogP contribution in [-0.4, -0.2) is 27.6 Å². The molecule has 0 aliphatic rings. The molecule has 1 aromatic carbocycles. The lowest BCUT2D eigenvalue weighted by Crippen LogP contribution is -2.12. The summed E-state index contributed by atoms with van der Waals surface area (Å²) >= 11 is 0. The zero-order valence-electron chi connectivity index (χ0n) is 13.0. The highest BCUT2D eigenvalue weighted by atomic mass is 16.1. The number of fused-ring (bicyclic) bond motifs is 1. The average molecular weight is 309 g/mol. The van der Waals surface area contributed by atoms with Gasteiger partial charge in [0.2, 0.25) is 5.91 Å². The lowest BCUT2D eigenvalue weighted by atomic mass is 10.1. The minimum Gasteiger partial charge on any atom is -0.368 e. The first-order valence-electron chi connectivity index (χ1n) is 7.68. The molecular formula is C17H19N5O. The molecule has 6 heteroatoms. The maximum atomic E-state index is 11.3. The van der Waals surface area contributed by atoms with Crippen molar-refractivity contribution < 1.29 is 4.79 Å². The molecule has 0 bridgehead atoms. The standard InChI is InChI=1S/C17H19N5O/c1-2-17(23)20-16-8-7-15(21-22-16)18-10-9-12-11-19-14-6-4-3-5-13(12)14/h3-8,11,19H,2,9-10H2,1H3,(H,18,21)(H,20,22,23). The van der Waals surface area contributed by atoms with E-state index in [4.69, 9.17) is 0 Å². The largest absolute Gasteiger partial charge is 0.368 e. The summed E-state index contributed by atoms with van der Waals surface area (Å²) in [6, 6.07) is 11.8. The van der Waals surface area contributed by atoms with Crippen LogP contribution < -0.4 is 10.6 Å². The lowest BCUT2D eigenvalue weighted by molar-refractivity contribution is -0.115. The number of amides is 1. The molecule has 0 saturated carbocycles. The van der Waals surface area contributed by atoms with Crippen molar-refractivity contribution in [2.75, 3.05) is 17.2 Å². The van der Waals surface area contributed by atoms with Gasteiger partial charge in [0.15, 0.2) is 5.82 Å². The SMILES string of the molecule is CCC(=O)Nc1ccc(NCCc2c[nH]c3ccccc23)nn1. The molecule has 3 aromatic rings. The average Bonchev–Trinajstić information content (AvgIpc) is 3.00. The number of aromatic nitrogens is 3. The molecule has 0 fully saturated rings. The van der Waals surface area contributed by atoms with Gasteiger partial charge < -0.3 is 15.6 Å². The molecule has 23 heavy (non-hydrogen) atoms. The van der Waals surface area contributed by atoms with Crippen LogP contribution in [0, 0.1) is 0 Å². The fourth-order valence-corrected chi connectivity index (χ4v) is 2.39. The van der Waals surface area contributed by atoms with E-state index < -0.39 is 0 Å². The molecule has 1 amide bonds. The number of hydrogen-bond acceptors (Lipinski definition) is 4. The molecule has 3 rings (SSSR count). The number of para-hydroxylation sites is 1. The highest BCUT2D eigenvalue weighted by Gasteiger charge is 2.04. The molecule has 3 N–H and O–H groups in total. The van der Waals surface area contributed by atoms with E-state index >= 15 is 0 Å². The van der Waals surface area contributed by atoms with Gasteiger partial charge in [-0.3, -0.25) is 4.79 Å². The Labute approximate surface area is 134 Å². The predicted octanol–water partition coefficient (Wildman–Crippen LogP) is 2.96. The van der Waals surface area contributed by atoms with Crippen molar-refractivity contribution in [3.63, 3.8) is 0 Å². The van der Waals surface area contributed by atoms with Gasteiger partial charge in [0, 0.05) is 30.1 Å². The van der Waals surface area contributed by atoms with Crippen LogP contribution in [0.2, 0.25) is 0 Å². The topological polar surface area (TPSA) is 82.7 Å². The van der Waals surface area contributed by atoms with Gasteiger partial charge >= 0.3 is 0 Å². The van der Waals surface area contributed by atoms with E-state index in [0.29, 0.717) is 18.1 Å². The molecule has 0 atom stereocenters. The fourth-order valence-electron chi connectivity index (χ4n) is 2.39. The van der Waals surface area contributed by atoms with Crippen LogP contribution in [0.3, 0.4) is 0 Å². The number of carbonyl (C=O) groups is 1. The van der Waals surface area contributed by atoms with Crippen molar-refractivity contribution in [3.8, 4) is 0 Å². The van der Waals surface area contributed by atoms with Crippen LogP contribution in [0.25, 0.3) is 10.9 Å². The molecule has 2 heterocycles. The molecule has 0 unspecified atom stereocenters. The summed E-state index contributed by atoms with van der Waals surface area (Å²) in [4.78, 5) is 14.6. The van der Waals surface area contributed by atoms with Gasteiger partial charge in [-0.1, -0.05) is 25.1 Å². The van der Waals surface area contributed by atoms with E-state index in [0.717, 1.165) is 18.5 Å². The number of nitrogens with one attached hydrogen (secondary N) is 3. The predicted molar refractivity (Wildman–Crippen MR) is 91.4 cm³/mol. The molecule has 0 radical (unpaired) electrons. The molecule has 0 saturated heterocycles. The third kappa shape index (κ3) is 3.66. The van der Waals surface area contributed by atoms with E-state index in [1.54, 1.807) is 13.0 Å². The Kier molecular flexibility index (Phi) is 4.52. The van der Waals surface area contributed by atoms with Crippen LogP contribution in [-0.2, 0) is 11.2 Å². The van der Waals surface area contributed by atoms with E-state index in [2.05, 4.69) is 37.9 Å².